The van der Waals surface area contributed by atoms with Gasteiger partial charge in [-0.1, -0.05) is 48.9 Å². The van der Waals surface area contributed by atoms with E-state index in [1.165, 1.54) is 39.0 Å². The summed E-state index contributed by atoms with van der Waals surface area (Å²) < 4.78 is 0. The standard InChI is InChI=1S/C24H33N/c1-9-11-12-24(25-16-17(3)4)20(7)19(6)15-23-18(5)13-14-22(10-2)21(23)8/h9,11-14,16H,1,10,15H2,2-8H3/b12-11-,20-19+,25-24?. The number of nitrogens with zero attached hydrogens (tertiary/aromatic N) is 1. The van der Waals surface area contributed by atoms with E-state index in [4.69, 9.17) is 0 Å². The number of rotatable bonds is 7. The van der Waals surface area contributed by atoms with E-state index in [1.807, 2.05) is 18.4 Å². The van der Waals surface area contributed by atoms with Gasteiger partial charge in [-0.2, -0.15) is 0 Å². The summed E-state index contributed by atoms with van der Waals surface area (Å²) in [5.41, 5.74) is 10.5. The molecule has 1 nitrogen and oxygen atoms in total. The molecule has 0 saturated carbocycles. The molecule has 0 atom stereocenters. The Labute approximate surface area is 154 Å². The molecule has 0 amide bonds. The van der Waals surface area contributed by atoms with E-state index in [2.05, 4.69) is 72.2 Å². The first kappa shape index (κ1) is 20.9. The van der Waals surface area contributed by atoms with Gasteiger partial charge in [0.25, 0.3) is 0 Å². The highest BCUT2D eigenvalue weighted by Gasteiger charge is 2.10. The predicted octanol–water partition coefficient (Wildman–Crippen LogP) is 6.85. The Bertz CT molecular complexity index is 736. The maximum Gasteiger partial charge on any atom is 0.0658 e. The number of hydrogen-bond acceptors (Lipinski definition) is 1. The molecular formula is C24H33N. The molecule has 0 aliphatic carbocycles. The van der Waals surface area contributed by atoms with E-state index in [-0.39, 0.29) is 0 Å². The Balaban J connectivity index is 3.31. The highest BCUT2D eigenvalue weighted by molar-refractivity contribution is 6.08. The second-order valence-electron chi connectivity index (χ2n) is 6.90. The van der Waals surface area contributed by atoms with Gasteiger partial charge in [0.2, 0.25) is 0 Å². The number of aliphatic imine (C=N–C) groups is 1. The molecule has 0 aromatic heterocycles. The average Bonchev–Trinajstić information content (AvgIpc) is 2.57. The Hall–Kier alpha value is -2.15. The van der Waals surface area contributed by atoms with Gasteiger partial charge in [-0.3, -0.25) is 4.99 Å². The Kier molecular flexibility index (Phi) is 8.34. The third-order valence-electron chi connectivity index (χ3n) is 4.64. The summed E-state index contributed by atoms with van der Waals surface area (Å²) in [6, 6.07) is 4.51. The van der Waals surface area contributed by atoms with Gasteiger partial charge in [0.1, 0.15) is 0 Å². The van der Waals surface area contributed by atoms with Gasteiger partial charge in [-0.15, -0.1) is 0 Å². The first-order valence-electron chi connectivity index (χ1n) is 9.06. The minimum absolute atomic E-state index is 0.965. The third-order valence-corrected chi connectivity index (χ3v) is 4.64. The van der Waals surface area contributed by atoms with Gasteiger partial charge in [0, 0.05) is 6.20 Å². The normalized spacial score (nSPS) is 13.0. The molecule has 1 rings (SSSR count). The van der Waals surface area contributed by atoms with Crippen LogP contribution < -0.4 is 0 Å². The van der Waals surface area contributed by atoms with Crippen molar-refractivity contribution in [2.75, 3.05) is 0 Å². The van der Waals surface area contributed by atoms with Crippen molar-refractivity contribution < 1.29 is 0 Å². The van der Waals surface area contributed by atoms with Crippen LogP contribution in [-0.4, -0.2) is 5.71 Å². The fourth-order valence-corrected chi connectivity index (χ4v) is 2.83. The van der Waals surface area contributed by atoms with Crippen molar-refractivity contribution in [2.24, 2.45) is 4.99 Å². The lowest BCUT2D eigenvalue weighted by atomic mass is 9.90. The third kappa shape index (κ3) is 6.01. The van der Waals surface area contributed by atoms with E-state index in [1.54, 1.807) is 6.08 Å². The number of benzene rings is 1. The molecule has 0 bridgehead atoms. The fraction of sp³-hybridized carbons (Fsp3) is 0.375. The van der Waals surface area contributed by atoms with E-state index >= 15 is 0 Å². The smallest absolute Gasteiger partial charge is 0.0658 e. The van der Waals surface area contributed by atoms with E-state index in [0.717, 1.165) is 18.6 Å². The van der Waals surface area contributed by atoms with Gasteiger partial charge in [-0.25, -0.2) is 0 Å². The van der Waals surface area contributed by atoms with Crippen molar-refractivity contribution in [3.05, 3.63) is 82.1 Å². The second-order valence-corrected chi connectivity index (χ2v) is 6.90. The highest BCUT2D eigenvalue weighted by atomic mass is 14.7. The molecule has 1 aromatic rings. The van der Waals surface area contributed by atoms with Crippen molar-refractivity contribution in [1.82, 2.24) is 0 Å². The van der Waals surface area contributed by atoms with Gasteiger partial charge in [0.15, 0.2) is 0 Å². The summed E-state index contributed by atoms with van der Waals surface area (Å²) in [5.74, 6) is 0. The van der Waals surface area contributed by atoms with Crippen molar-refractivity contribution in [2.45, 2.75) is 61.3 Å². The Morgan fingerprint density at radius 3 is 2.36 bits per heavy atom. The highest BCUT2D eigenvalue weighted by Crippen LogP contribution is 2.23. The summed E-state index contributed by atoms with van der Waals surface area (Å²) in [7, 11) is 0. The monoisotopic (exact) mass is 335 g/mol. The van der Waals surface area contributed by atoms with E-state index in [9.17, 15) is 0 Å². The van der Waals surface area contributed by atoms with Crippen LogP contribution in [0.4, 0.5) is 0 Å². The quantitative estimate of drug-likeness (QED) is 0.381. The van der Waals surface area contributed by atoms with Gasteiger partial charge in [0.05, 0.1) is 5.71 Å². The first-order chi connectivity index (χ1) is 11.8. The lowest BCUT2D eigenvalue weighted by molar-refractivity contribution is 1.03. The second kappa shape index (κ2) is 9.98. The van der Waals surface area contributed by atoms with Crippen LogP contribution >= 0.6 is 0 Å². The van der Waals surface area contributed by atoms with Crippen LogP contribution in [-0.2, 0) is 12.8 Å². The number of hydrogen-bond donors (Lipinski definition) is 0. The molecule has 0 radical (unpaired) electrons. The van der Waals surface area contributed by atoms with Crippen LogP contribution in [0.1, 0.15) is 56.9 Å². The summed E-state index contributed by atoms with van der Waals surface area (Å²) in [4.78, 5) is 4.66. The summed E-state index contributed by atoms with van der Waals surface area (Å²) in [6.07, 6.45) is 9.74. The van der Waals surface area contributed by atoms with Gasteiger partial charge < -0.3 is 0 Å². The van der Waals surface area contributed by atoms with Crippen molar-refractivity contribution in [3.63, 3.8) is 0 Å². The van der Waals surface area contributed by atoms with Crippen LogP contribution in [0.3, 0.4) is 0 Å². The predicted molar refractivity (Wildman–Crippen MR) is 114 cm³/mol. The molecule has 0 heterocycles. The molecule has 0 unspecified atom stereocenters. The zero-order valence-corrected chi connectivity index (χ0v) is 17.0. The number of aryl methyl sites for hydroxylation is 2. The minimum Gasteiger partial charge on any atom is -0.257 e. The van der Waals surface area contributed by atoms with Crippen LogP contribution in [0.25, 0.3) is 0 Å². The molecular weight excluding hydrogens is 302 g/mol. The zero-order valence-electron chi connectivity index (χ0n) is 17.0. The molecule has 0 fully saturated rings. The molecule has 134 valence electrons. The SMILES string of the molecule is C=C/C=C\C(=NC=C(C)C)/C(C)=C(\C)Cc1c(C)ccc(CC)c1C. The van der Waals surface area contributed by atoms with Crippen molar-refractivity contribution >= 4 is 5.71 Å². The molecule has 1 heteroatoms. The molecule has 0 aliphatic rings. The average molecular weight is 336 g/mol. The maximum atomic E-state index is 4.66. The zero-order chi connectivity index (χ0) is 19.0. The Morgan fingerprint density at radius 2 is 1.80 bits per heavy atom. The van der Waals surface area contributed by atoms with Crippen molar-refractivity contribution in [3.8, 4) is 0 Å². The van der Waals surface area contributed by atoms with Crippen LogP contribution in [0, 0.1) is 13.8 Å². The van der Waals surface area contributed by atoms with Crippen LogP contribution in [0.5, 0.6) is 0 Å². The largest absolute Gasteiger partial charge is 0.257 e. The van der Waals surface area contributed by atoms with E-state index < -0.39 is 0 Å². The maximum absolute atomic E-state index is 4.66. The lowest BCUT2D eigenvalue weighted by Crippen LogP contribution is -2.04. The summed E-state index contributed by atoms with van der Waals surface area (Å²) in [6.45, 7) is 19.0. The van der Waals surface area contributed by atoms with Crippen LogP contribution in [0.15, 0.2) is 64.9 Å². The Morgan fingerprint density at radius 1 is 1.12 bits per heavy atom. The lowest BCUT2D eigenvalue weighted by Gasteiger charge is -2.16. The molecule has 0 saturated heterocycles. The van der Waals surface area contributed by atoms with Crippen molar-refractivity contribution in [1.29, 1.82) is 0 Å². The summed E-state index contributed by atoms with van der Waals surface area (Å²) >= 11 is 0. The molecule has 0 spiro atoms. The van der Waals surface area contributed by atoms with Gasteiger partial charge in [-0.05, 0) is 88.3 Å². The summed E-state index contributed by atoms with van der Waals surface area (Å²) in [5, 5.41) is 0. The minimum atomic E-state index is 0.965. The van der Waals surface area contributed by atoms with E-state index in [0.29, 0.717) is 0 Å². The van der Waals surface area contributed by atoms with Gasteiger partial charge >= 0.3 is 0 Å². The number of allylic oxidation sites excluding steroid dienone is 6. The topological polar surface area (TPSA) is 12.4 Å². The molecule has 0 aliphatic heterocycles. The molecule has 25 heavy (non-hydrogen) atoms. The molecule has 1 aromatic carbocycles. The van der Waals surface area contributed by atoms with Crippen LogP contribution in [0.2, 0.25) is 0 Å². The first-order valence-corrected chi connectivity index (χ1v) is 9.06. The molecule has 0 N–H and O–H groups in total. The fourth-order valence-electron chi connectivity index (χ4n) is 2.83.